The molecule has 0 N–H and O–H groups in total. The van der Waals surface area contributed by atoms with Crippen molar-refractivity contribution < 1.29 is 19.1 Å². The molecule has 0 aliphatic carbocycles. The van der Waals surface area contributed by atoms with Crippen LogP contribution in [0.4, 0.5) is 0 Å². The zero-order valence-corrected chi connectivity index (χ0v) is 15.6. The van der Waals surface area contributed by atoms with E-state index in [-0.39, 0.29) is 24.7 Å². The monoisotopic (exact) mass is 359 g/mol. The number of hydrogen-bond acceptors (Lipinski definition) is 4. The SMILES string of the molecule is CCCCCCCCCC(C(=O)Oc1ccccc1)N1C(=O)CCC1=O. The van der Waals surface area contributed by atoms with Gasteiger partial charge in [0, 0.05) is 12.8 Å². The van der Waals surface area contributed by atoms with E-state index in [9.17, 15) is 14.4 Å². The number of ether oxygens (including phenoxy) is 1. The second kappa shape index (κ2) is 10.7. The zero-order valence-electron chi connectivity index (χ0n) is 15.6. The van der Waals surface area contributed by atoms with Crippen LogP contribution in [-0.2, 0) is 14.4 Å². The molecule has 1 atom stereocenters. The number of carbonyl (C=O) groups excluding carboxylic acids is 3. The van der Waals surface area contributed by atoms with Crippen molar-refractivity contribution in [1.82, 2.24) is 4.90 Å². The number of hydrogen-bond donors (Lipinski definition) is 0. The third-order valence-corrected chi connectivity index (χ3v) is 4.72. The first-order valence-corrected chi connectivity index (χ1v) is 9.75. The molecule has 1 fully saturated rings. The van der Waals surface area contributed by atoms with Crippen LogP contribution < -0.4 is 4.74 Å². The maximum Gasteiger partial charge on any atom is 0.334 e. The Morgan fingerprint density at radius 1 is 0.962 bits per heavy atom. The van der Waals surface area contributed by atoms with Crippen LogP contribution in [0.25, 0.3) is 0 Å². The van der Waals surface area contributed by atoms with Crippen molar-refractivity contribution in [2.24, 2.45) is 0 Å². The molecule has 2 rings (SSSR count). The normalized spacial score (nSPS) is 15.3. The first-order valence-electron chi connectivity index (χ1n) is 9.75. The number of amides is 2. The molecule has 1 heterocycles. The molecule has 2 amide bonds. The first-order chi connectivity index (χ1) is 12.6. The van der Waals surface area contributed by atoms with Crippen LogP contribution >= 0.6 is 0 Å². The van der Waals surface area contributed by atoms with Gasteiger partial charge in [0.2, 0.25) is 11.8 Å². The standard InChI is InChI=1S/C21H29NO4/c1-2-3-4-5-6-7-11-14-18(22-19(23)15-16-20(22)24)21(25)26-17-12-9-8-10-13-17/h8-10,12-13,18H,2-7,11,14-16H2,1H3. The van der Waals surface area contributed by atoms with Gasteiger partial charge in [-0.05, 0) is 18.6 Å². The number of unbranched alkanes of at least 4 members (excludes halogenated alkanes) is 6. The molecule has 0 aromatic heterocycles. The molecule has 1 aliphatic heterocycles. The Balaban J connectivity index is 1.92. The summed E-state index contributed by atoms with van der Waals surface area (Å²) in [5.74, 6) is -0.632. The molecule has 26 heavy (non-hydrogen) atoms. The summed E-state index contributed by atoms with van der Waals surface area (Å²) in [4.78, 5) is 37.9. The highest BCUT2D eigenvalue weighted by atomic mass is 16.5. The van der Waals surface area contributed by atoms with Gasteiger partial charge in [0.1, 0.15) is 11.8 Å². The van der Waals surface area contributed by atoms with E-state index in [2.05, 4.69) is 6.92 Å². The number of nitrogens with zero attached hydrogens (tertiary/aromatic N) is 1. The molecule has 0 saturated carbocycles. The van der Waals surface area contributed by atoms with Crippen LogP contribution in [0.1, 0.15) is 71.1 Å². The van der Waals surface area contributed by atoms with Gasteiger partial charge < -0.3 is 4.74 Å². The van der Waals surface area contributed by atoms with E-state index in [1.165, 1.54) is 25.7 Å². The molecule has 5 heteroatoms. The van der Waals surface area contributed by atoms with E-state index >= 15 is 0 Å². The van der Waals surface area contributed by atoms with Gasteiger partial charge in [0.15, 0.2) is 0 Å². The van der Waals surface area contributed by atoms with Crippen LogP contribution in [0.5, 0.6) is 5.75 Å². The predicted octanol–water partition coefficient (Wildman–Crippen LogP) is 4.25. The third-order valence-electron chi connectivity index (χ3n) is 4.72. The lowest BCUT2D eigenvalue weighted by Gasteiger charge is -2.24. The maximum atomic E-state index is 12.6. The first kappa shape index (κ1) is 20.1. The van der Waals surface area contributed by atoms with E-state index in [1.807, 2.05) is 6.07 Å². The number of imide groups is 1. The molecule has 1 aromatic rings. The van der Waals surface area contributed by atoms with Gasteiger partial charge in [-0.15, -0.1) is 0 Å². The summed E-state index contributed by atoms with van der Waals surface area (Å²) in [7, 11) is 0. The van der Waals surface area contributed by atoms with Gasteiger partial charge in [0.05, 0.1) is 0 Å². The minimum Gasteiger partial charge on any atom is -0.425 e. The van der Waals surface area contributed by atoms with Crippen molar-refractivity contribution >= 4 is 17.8 Å². The number of rotatable bonds is 11. The molecule has 1 unspecified atom stereocenters. The third kappa shape index (κ3) is 5.97. The largest absolute Gasteiger partial charge is 0.425 e. The van der Waals surface area contributed by atoms with E-state index in [0.29, 0.717) is 12.2 Å². The number of likely N-dealkylation sites (tertiary alicyclic amines) is 1. The summed E-state index contributed by atoms with van der Waals surface area (Å²) in [6, 6.07) is 7.96. The average molecular weight is 359 g/mol. The molecule has 1 aliphatic rings. The van der Waals surface area contributed by atoms with Crippen molar-refractivity contribution in [2.45, 2.75) is 77.2 Å². The highest BCUT2D eigenvalue weighted by Crippen LogP contribution is 2.22. The Morgan fingerprint density at radius 3 is 2.15 bits per heavy atom. The molecule has 5 nitrogen and oxygen atoms in total. The summed E-state index contributed by atoms with van der Waals surface area (Å²) >= 11 is 0. The Bertz CT molecular complexity index is 583. The number of benzene rings is 1. The fourth-order valence-electron chi connectivity index (χ4n) is 3.26. The summed E-state index contributed by atoms with van der Waals surface area (Å²) in [5.41, 5.74) is 0. The van der Waals surface area contributed by atoms with Crippen LogP contribution in [-0.4, -0.2) is 28.7 Å². The van der Waals surface area contributed by atoms with Crippen molar-refractivity contribution in [3.8, 4) is 5.75 Å². The average Bonchev–Trinajstić information content (AvgIpc) is 2.97. The van der Waals surface area contributed by atoms with Gasteiger partial charge >= 0.3 is 5.97 Å². The highest BCUT2D eigenvalue weighted by Gasteiger charge is 2.39. The van der Waals surface area contributed by atoms with Crippen molar-refractivity contribution in [3.63, 3.8) is 0 Å². The molecule has 0 bridgehead atoms. The van der Waals surface area contributed by atoms with Crippen molar-refractivity contribution in [3.05, 3.63) is 30.3 Å². The maximum absolute atomic E-state index is 12.6. The molecule has 0 spiro atoms. The lowest BCUT2D eigenvalue weighted by molar-refractivity contribution is -0.152. The molecular weight excluding hydrogens is 330 g/mol. The van der Waals surface area contributed by atoms with E-state index in [0.717, 1.165) is 24.2 Å². The number of esters is 1. The minimum absolute atomic E-state index is 0.185. The summed E-state index contributed by atoms with van der Waals surface area (Å²) in [6.07, 6.45) is 8.64. The predicted molar refractivity (Wildman–Crippen MR) is 99.6 cm³/mol. The van der Waals surface area contributed by atoms with Gasteiger partial charge in [-0.25, -0.2) is 4.79 Å². The Morgan fingerprint density at radius 2 is 1.54 bits per heavy atom. The molecule has 1 aromatic carbocycles. The summed E-state index contributed by atoms with van der Waals surface area (Å²) in [6.45, 7) is 2.19. The zero-order chi connectivity index (χ0) is 18.8. The fourth-order valence-corrected chi connectivity index (χ4v) is 3.26. The van der Waals surface area contributed by atoms with E-state index in [4.69, 9.17) is 4.74 Å². The molecule has 142 valence electrons. The highest BCUT2D eigenvalue weighted by molar-refractivity contribution is 6.05. The topological polar surface area (TPSA) is 63.7 Å². The number of carbonyl (C=O) groups is 3. The van der Waals surface area contributed by atoms with E-state index in [1.54, 1.807) is 24.3 Å². The second-order valence-corrected chi connectivity index (χ2v) is 6.82. The van der Waals surface area contributed by atoms with Crippen LogP contribution in [0.15, 0.2) is 30.3 Å². The Labute approximate surface area is 155 Å². The van der Waals surface area contributed by atoms with Gasteiger partial charge in [-0.3, -0.25) is 14.5 Å². The van der Waals surface area contributed by atoms with Gasteiger partial charge in [-0.1, -0.05) is 70.1 Å². The lowest BCUT2D eigenvalue weighted by Crippen LogP contribution is -2.46. The van der Waals surface area contributed by atoms with Crippen molar-refractivity contribution in [2.75, 3.05) is 0 Å². The van der Waals surface area contributed by atoms with Crippen molar-refractivity contribution in [1.29, 1.82) is 0 Å². The summed E-state index contributed by atoms with van der Waals surface area (Å²) < 4.78 is 5.41. The van der Waals surface area contributed by atoms with Crippen LogP contribution in [0.3, 0.4) is 0 Å². The van der Waals surface area contributed by atoms with Gasteiger partial charge in [0.25, 0.3) is 0 Å². The minimum atomic E-state index is -0.812. The molecular formula is C21H29NO4. The second-order valence-electron chi connectivity index (χ2n) is 6.82. The quantitative estimate of drug-likeness (QED) is 0.256. The van der Waals surface area contributed by atoms with Crippen LogP contribution in [0.2, 0.25) is 0 Å². The number of para-hydroxylation sites is 1. The van der Waals surface area contributed by atoms with Crippen LogP contribution in [0, 0.1) is 0 Å². The lowest BCUT2D eigenvalue weighted by atomic mass is 10.0. The molecule has 0 radical (unpaired) electrons. The molecule has 1 saturated heterocycles. The fraction of sp³-hybridized carbons (Fsp3) is 0.571. The Kier molecular flexibility index (Phi) is 8.32. The van der Waals surface area contributed by atoms with Gasteiger partial charge in [-0.2, -0.15) is 0 Å². The van der Waals surface area contributed by atoms with E-state index < -0.39 is 12.0 Å². The Hall–Kier alpha value is -2.17. The smallest absolute Gasteiger partial charge is 0.334 e. The summed E-state index contributed by atoms with van der Waals surface area (Å²) in [5, 5.41) is 0.